The summed E-state index contributed by atoms with van der Waals surface area (Å²) in [6.45, 7) is 14.7. The molecular formula is C54H86FN5O4S. The predicted octanol–water partition coefficient (Wildman–Crippen LogP) is 12.5. The summed E-state index contributed by atoms with van der Waals surface area (Å²) in [5, 5.41) is 0.773. The fourth-order valence-corrected chi connectivity index (χ4v) is 11.9. The minimum atomic E-state index is -4.13. The summed E-state index contributed by atoms with van der Waals surface area (Å²) >= 11 is 0. The van der Waals surface area contributed by atoms with Crippen molar-refractivity contribution in [3.8, 4) is 11.5 Å². The van der Waals surface area contributed by atoms with Crippen molar-refractivity contribution in [3.63, 3.8) is 0 Å². The lowest BCUT2D eigenvalue weighted by molar-refractivity contribution is 0.0384. The highest BCUT2D eigenvalue weighted by Gasteiger charge is 2.32. The number of likely N-dealkylation sites (tertiary alicyclic amines) is 1. The Labute approximate surface area is 394 Å². The molecule has 65 heavy (non-hydrogen) atoms. The van der Waals surface area contributed by atoms with Gasteiger partial charge in [-0.15, -0.1) is 0 Å². The van der Waals surface area contributed by atoms with Crippen LogP contribution in [0.2, 0.25) is 0 Å². The minimum Gasteiger partial charge on any atom is -0.497 e. The molecule has 3 aliphatic rings. The number of anilines is 1. The third kappa shape index (κ3) is 15.8. The Morgan fingerprint density at radius 1 is 0.615 bits per heavy atom. The van der Waals surface area contributed by atoms with E-state index < -0.39 is 15.7 Å². The zero-order valence-corrected chi connectivity index (χ0v) is 41.7. The number of pyridine rings is 1. The van der Waals surface area contributed by atoms with Gasteiger partial charge in [-0.3, -0.25) is 9.80 Å². The molecule has 3 aliphatic heterocycles. The predicted molar refractivity (Wildman–Crippen MR) is 267 cm³/mol. The molecule has 0 bridgehead atoms. The van der Waals surface area contributed by atoms with E-state index in [9.17, 15) is 8.42 Å². The van der Waals surface area contributed by atoms with Crippen molar-refractivity contribution in [2.24, 2.45) is 0 Å². The molecule has 364 valence electrons. The number of fused-ring (bicyclic) bond motifs is 1. The van der Waals surface area contributed by atoms with Crippen LogP contribution < -0.4 is 14.4 Å². The zero-order valence-electron chi connectivity index (χ0n) is 40.9. The van der Waals surface area contributed by atoms with Gasteiger partial charge in [0, 0.05) is 62.4 Å². The normalized spacial score (nSPS) is 17.6. The first-order valence-electron chi connectivity index (χ1n) is 26.4. The molecule has 0 saturated carbocycles. The Morgan fingerprint density at radius 2 is 1.12 bits per heavy atom. The first-order chi connectivity index (χ1) is 31.8. The number of halogens is 1. The summed E-state index contributed by atoms with van der Waals surface area (Å²) in [7, 11) is -2.49. The molecule has 3 saturated heterocycles. The van der Waals surface area contributed by atoms with E-state index in [0.29, 0.717) is 23.9 Å². The van der Waals surface area contributed by atoms with Gasteiger partial charge in [-0.05, 0) is 94.2 Å². The largest absolute Gasteiger partial charge is 0.497 e. The molecule has 0 radical (unpaired) electrons. The average Bonchev–Trinajstić information content (AvgIpc) is 3.34. The van der Waals surface area contributed by atoms with E-state index in [1.54, 1.807) is 13.2 Å². The maximum Gasteiger partial charge on any atom is 0.224 e. The quantitative estimate of drug-likeness (QED) is 0.0633. The summed E-state index contributed by atoms with van der Waals surface area (Å²) in [5.74, 6) is 0.106. The zero-order chi connectivity index (χ0) is 45.7. The Balaban J connectivity index is 0.906. The standard InChI is InChI=1S/C54H86FN5O4S/c1-4-6-7-8-9-10-11-12-13-14-15-16-17-18-19-20-21-22-23-24-41-64-53-28-26-48(43-50(53)55)65(61,62)54-44-52(49-42-47(63-3)25-27-51(49)56-54)60-35-31-46(32-36-60)59-39-37-58(38-40-59)45-29-33-57(5-2)34-30-45/h25-28,42-46H,4-24,29-41H2,1-3H3. The minimum absolute atomic E-state index is 0.0782. The molecule has 4 heterocycles. The highest BCUT2D eigenvalue weighted by atomic mass is 32.2. The molecule has 3 aromatic rings. The van der Waals surface area contributed by atoms with Gasteiger partial charge in [-0.1, -0.05) is 136 Å². The number of aromatic nitrogens is 1. The molecule has 0 atom stereocenters. The van der Waals surface area contributed by atoms with E-state index in [1.807, 2.05) is 18.2 Å². The third-order valence-electron chi connectivity index (χ3n) is 14.9. The molecule has 2 aromatic carbocycles. The van der Waals surface area contributed by atoms with Crippen LogP contribution >= 0.6 is 0 Å². The summed E-state index contributed by atoms with van der Waals surface area (Å²) in [6, 6.07) is 12.5. The van der Waals surface area contributed by atoms with Gasteiger partial charge in [0.05, 0.1) is 24.1 Å². The van der Waals surface area contributed by atoms with Crippen LogP contribution in [0.5, 0.6) is 11.5 Å². The lowest BCUT2D eigenvalue weighted by atomic mass is 9.99. The van der Waals surface area contributed by atoms with Crippen molar-refractivity contribution in [1.82, 2.24) is 19.7 Å². The molecule has 1 aromatic heterocycles. The molecule has 11 heteroatoms. The molecule has 0 amide bonds. The monoisotopic (exact) mass is 920 g/mol. The highest BCUT2D eigenvalue weighted by molar-refractivity contribution is 7.91. The fraction of sp³-hybridized carbons (Fsp3) is 0.722. The number of benzene rings is 2. The number of nitrogens with zero attached hydrogens (tertiary/aromatic N) is 5. The SMILES string of the molecule is CCCCCCCCCCCCCCCCCCCCCCOc1ccc(S(=O)(=O)c2cc(N3CCC(N4CCN(C5CCN(CC)CC5)CC4)CC3)c3cc(OC)ccc3n2)cc1F. The lowest BCUT2D eigenvalue weighted by Crippen LogP contribution is -2.56. The lowest BCUT2D eigenvalue weighted by Gasteiger charge is -2.46. The van der Waals surface area contributed by atoms with Crippen LogP contribution in [-0.4, -0.2) is 113 Å². The Kier molecular flexibility index (Phi) is 21.9. The van der Waals surface area contributed by atoms with Crippen molar-refractivity contribution >= 4 is 26.4 Å². The third-order valence-corrected chi connectivity index (χ3v) is 16.5. The Bertz CT molecular complexity index is 1930. The first kappa shape index (κ1) is 51.4. The van der Waals surface area contributed by atoms with E-state index in [2.05, 4.69) is 38.4 Å². The number of ether oxygens (including phenoxy) is 2. The fourth-order valence-electron chi connectivity index (χ4n) is 10.7. The van der Waals surface area contributed by atoms with Crippen LogP contribution in [0.15, 0.2) is 52.4 Å². The smallest absolute Gasteiger partial charge is 0.224 e. The second-order valence-corrected chi connectivity index (χ2v) is 21.4. The van der Waals surface area contributed by atoms with Gasteiger partial charge >= 0.3 is 0 Å². The van der Waals surface area contributed by atoms with Crippen LogP contribution in [0.4, 0.5) is 10.1 Å². The van der Waals surface area contributed by atoms with Crippen molar-refractivity contribution in [3.05, 3.63) is 48.3 Å². The number of methoxy groups -OCH3 is 1. The first-order valence-corrected chi connectivity index (χ1v) is 27.9. The molecular weight excluding hydrogens is 834 g/mol. The van der Waals surface area contributed by atoms with Gasteiger partial charge < -0.3 is 19.3 Å². The van der Waals surface area contributed by atoms with Crippen LogP contribution in [-0.2, 0) is 9.84 Å². The van der Waals surface area contributed by atoms with Gasteiger partial charge in [-0.25, -0.2) is 17.8 Å². The second kappa shape index (κ2) is 27.7. The number of hydrogen-bond acceptors (Lipinski definition) is 9. The number of sulfone groups is 1. The summed E-state index contributed by atoms with van der Waals surface area (Å²) in [5.41, 5.74) is 1.39. The molecule has 0 aliphatic carbocycles. The number of hydrogen-bond donors (Lipinski definition) is 0. The molecule has 0 N–H and O–H groups in total. The summed E-state index contributed by atoms with van der Waals surface area (Å²) in [4.78, 5) is 14.8. The number of piperidine rings is 2. The molecule has 0 spiro atoms. The number of piperazine rings is 1. The van der Waals surface area contributed by atoms with Crippen molar-refractivity contribution in [2.45, 2.75) is 190 Å². The van der Waals surface area contributed by atoms with E-state index >= 15 is 4.39 Å². The number of rotatable bonds is 29. The van der Waals surface area contributed by atoms with E-state index in [1.165, 1.54) is 147 Å². The van der Waals surface area contributed by atoms with Crippen LogP contribution in [0, 0.1) is 5.82 Å². The van der Waals surface area contributed by atoms with Gasteiger partial charge in [0.1, 0.15) is 5.75 Å². The summed E-state index contributed by atoms with van der Waals surface area (Å²) in [6.07, 6.45) is 31.1. The van der Waals surface area contributed by atoms with Gasteiger partial charge in [-0.2, -0.15) is 0 Å². The Hall–Kier alpha value is -2.99. The van der Waals surface area contributed by atoms with Crippen molar-refractivity contribution in [1.29, 1.82) is 0 Å². The topological polar surface area (TPSA) is 78.5 Å². The maximum absolute atomic E-state index is 15.4. The second-order valence-electron chi connectivity index (χ2n) is 19.5. The van der Waals surface area contributed by atoms with Crippen LogP contribution in [0.25, 0.3) is 10.9 Å². The number of unbranched alkanes of at least 4 members (excludes halogenated alkanes) is 19. The summed E-state index contributed by atoms with van der Waals surface area (Å²) < 4.78 is 55.2. The molecule has 3 fully saturated rings. The average molecular weight is 920 g/mol. The molecule has 6 rings (SSSR count). The van der Waals surface area contributed by atoms with Crippen LogP contribution in [0.3, 0.4) is 0 Å². The van der Waals surface area contributed by atoms with E-state index in [0.717, 1.165) is 101 Å². The van der Waals surface area contributed by atoms with Crippen LogP contribution in [0.1, 0.15) is 168 Å². The van der Waals surface area contributed by atoms with E-state index in [4.69, 9.17) is 9.47 Å². The van der Waals surface area contributed by atoms with Crippen molar-refractivity contribution < 1.29 is 22.3 Å². The molecule has 0 unspecified atom stereocenters. The highest BCUT2D eigenvalue weighted by Crippen LogP contribution is 2.36. The van der Waals surface area contributed by atoms with Gasteiger partial charge in [0.15, 0.2) is 16.6 Å². The van der Waals surface area contributed by atoms with Gasteiger partial charge in [0.2, 0.25) is 9.84 Å². The van der Waals surface area contributed by atoms with E-state index in [-0.39, 0.29) is 15.7 Å². The van der Waals surface area contributed by atoms with Crippen molar-refractivity contribution in [2.75, 3.05) is 77.5 Å². The maximum atomic E-state index is 15.4. The van der Waals surface area contributed by atoms with Gasteiger partial charge in [0.25, 0.3) is 0 Å². The Morgan fingerprint density at radius 3 is 1.62 bits per heavy atom. The molecule has 9 nitrogen and oxygen atoms in total.